The summed E-state index contributed by atoms with van der Waals surface area (Å²) in [7, 11) is 2.00. The first-order valence-corrected chi connectivity index (χ1v) is 7.33. The molecule has 2 fully saturated rings. The fraction of sp³-hybridized carbons (Fsp3) is 0.769. The van der Waals surface area contributed by atoms with Gasteiger partial charge in [-0.2, -0.15) is 0 Å². The van der Waals surface area contributed by atoms with Crippen LogP contribution in [0.15, 0.2) is 0 Å². The minimum Gasteiger partial charge on any atom is -0.368 e. The molecule has 4 heteroatoms. The van der Waals surface area contributed by atoms with Crippen LogP contribution in [-0.2, 0) is 16.9 Å². The number of nitrogens with one attached hydrogen (secondary N) is 1. The monoisotopic (exact) mass is 252 g/mol. The molecule has 1 aliphatic carbocycles. The molecule has 2 aliphatic rings. The Labute approximate surface area is 107 Å². The first-order valence-electron chi connectivity index (χ1n) is 6.51. The molecule has 1 saturated heterocycles. The summed E-state index contributed by atoms with van der Waals surface area (Å²) in [5.41, 5.74) is 1.23. The zero-order valence-corrected chi connectivity index (χ0v) is 11.4. The molecule has 3 rings (SSSR count). The maximum absolute atomic E-state index is 5.90. The van der Waals surface area contributed by atoms with E-state index in [1.807, 2.05) is 18.4 Å². The van der Waals surface area contributed by atoms with Gasteiger partial charge in [-0.3, -0.25) is 0 Å². The van der Waals surface area contributed by atoms with E-state index in [1.165, 1.54) is 28.4 Å². The van der Waals surface area contributed by atoms with Crippen molar-refractivity contribution in [1.82, 2.24) is 10.3 Å². The molecule has 1 aliphatic heterocycles. The highest BCUT2D eigenvalue weighted by molar-refractivity contribution is 7.11. The highest BCUT2D eigenvalue weighted by Crippen LogP contribution is 2.46. The van der Waals surface area contributed by atoms with E-state index in [0.29, 0.717) is 0 Å². The lowest BCUT2D eigenvalue weighted by Gasteiger charge is -2.19. The molecule has 94 valence electrons. The van der Waals surface area contributed by atoms with Gasteiger partial charge in [0.25, 0.3) is 0 Å². The molecule has 1 aromatic rings. The van der Waals surface area contributed by atoms with Gasteiger partial charge in [0, 0.05) is 23.9 Å². The molecule has 2 heterocycles. The van der Waals surface area contributed by atoms with E-state index in [2.05, 4.69) is 12.2 Å². The summed E-state index contributed by atoms with van der Waals surface area (Å²) in [6.45, 7) is 4.02. The summed E-state index contributed by atoms with van der Waals surface area (Å²) in [5, 5.41) is 4.45. The van der Waals surface area contributed by atoms with E-state index < -0.39 is 0 Å². The number of hydrogen-bond donors (Lipinski definition) is 1. The third kappa shape index (κ3) is 2.14. The molecule has 1 aromatic heterocycles. The largest absolute Gasteiger partial charge is 0.368 e. The summed E-state index contributed by atoms with van der Waals surface area (Å²) in [5.74, 6) is 0.730. The van der Waals surface area contributed by atoms with Crippen LogP contribution in [0.3, 0.4) is 0 Å². The smallest absolute Gasteiger partial charge is 0.125 e. The van der Waals surface area contributed by atoms with Gasteiger partial charge < -0.3 is 10.1 Å². The minimum atomic E-state index is -0.111. The second-order valence-corrected chi connectivity index (χ2v) is 6.40. The van der Waals surface area contributed by atoms with Crippen molar-refractivity contribution in [2.45, 2.75) is 50.7 Å². The second-order valence-electron chi connectivity index (χ2n) is 5.31. The third-order valence-corrected chi connectivity index (χ3v) is 5.02. The molecule has 1 saturated carbocycles. The van der Waals surface area contributed by atoms with Crippen LogP contribution >= 0.6 is 11.3 Å². The van der Waals surface area contributed by atoms with Gasteiger partial charge in [0.15, 0.2) is 0 Å². The summed E-state index contributed by atoms with van der Waals surface area (Å²) in [6.07, 6.45) is 4.91. The summed E-state index contributed by atoms with van der Waals surface area (Å²) < 4.78 is 5.90. The Kier molecular flexibility index (Phi) is 2.97. The molecular weight excluding hydrogens is 232 g/mol. The number of aromatic nitrogens is 1. The van der Waals surface area contributed by atoms with Crippen LogP contribution in [-0.4, -0.2) is 18.6 Å². The van der Waals surface area contributed by atoms with Crippen molar-refractivity contribution in [2.24, 2.45) is 0 Å². The number of hydrogen-bond acceptors (Lipinski definition) is 4. The van der Waals surface area contributed by atoms with Gasteiger partial charge in [0.2, 0.25) is 0 Å². The average Bonchev–Trinajstić information content (AvgIpc) is 2.91. The highest BCUT2D eigenvalue weighted by atomic mass is 32.1. The fourth-order valence-electron chi connectivity index (χ4n) is 2.50. The first-order chi connectivity index (χ1) is 8.23. The van der Waals surface area contributed by atoms with Crippen LogP contribution < -0.4 is 5.32 Å². The summed E-state index contributed by atoms with van der Waals surface area (Å²) in [6, 6.07) is 0. The van der Waals surface area contributed by atoms with Gasteiger partial charge >= 0.3 is 0 Å². The van der Waals surface area contributed by atoms with E-state index >= 15 is 0 Å². The topological polar surface area (TPSA) is 34.1 Å². The molecule has 3 nitrogen and oxygen atoms in total. The molecule has 17 heavy (non-hydrogen) atoms. The summed E-state index contributed by atoms with van der Waals surface area (Å²) in [4.78, 5) is 6.32. The first kappa shape index (κ1) is 11.6. The van der Waals surface area contributed by atoms with E-state index in [1.54, 1.807) is 0 Å². The van der Waals surface area contributed by atoms with Gasteiger partial charge in [-0.1, -0.05) is 0 Å². The van der Waals surface area contributed by atoms with Crippen LogP contribution in [0.1, 0.15) is 54.1 Å². The Morgan fingerprint density at radius 1 is 1.53 bits per heavy atom. The molecule has 1 N–H and O–H groups in total. The Morgan fingerprint density at radius 2 is 2.35 bits per heavy atom. The number of thiazole rings is 1. The van der Waals surface area contributed by atoms with E-state index in [0.717, 1.165) is 31.9 Å². The highest BCUT2D eigenvalue weighted by Gasteiger charge is 2.38. The van der Waals surface area contributed by atoms with Crippen molar-refractivity contribution in [3.8, 4) is 0 Å². The molecule has 0 amide bonds. The summed E-state index contributed by atoms with van der Waals surface area (Å²) >= 11 is 1.85. The van der Waals surface area contributed by atoms with Gasteiger partial charge in [-0.05, 0) is 39.7 Å². The van der Waals surface area contributed by atoms with Crippen molar-refractivity contribution in [3.63, 3.8) is 0 Å². The Bertz CT molecular complexity index is 406. The standard InChI is InChI=1S/C13H20N2OS/c1-13(6-3-7-16-13)12-15-11(9-4-5-9)10(17-12)8-14-2/h9,14H,3-8H2,1-2H3. The van der Waals surface area contributed by atoms with E-state index in [9.17, 15) is 0 Å². The van der Waals surface area contributed by atoms with Gasteiger partial charge in [0.1, 0.15) is 10.6 Å². The maximum atomic E-state index is 5.90. The predicted molar refractivity (Wildman–Crippen MR) is 69.4 cm³/mol. The van der Waals surface area contributed by atoms with Gasteiger partial charge in [-0.25, -0.2) is 4.98 Å². The normalized spacial score (nSPS) is 28.8. The molecule has 0 bridgehead atoms. The second kappa shape index (κ2) is 4.34. The van der Waals surface area contributed by atoms with Gasteiger partial charge in [-0.15, -0.1) is 11.3 Å². The number of ether oxygens (including phenoxy) is 1. The van der Waals surface area contributed by atoms with Crippen LogP contribution in [0.4, 0.5) is 0 Å². The van der Waals surface area contributed by atoms with Crippen LogP contribution in [0, 0.1) is 0 Å². The fourth-order valence-corrected chi connectivity index (χ4v) is 3.79. The number of nitrogens with zero attached hydrogens (tertiary/aromatic N) is 1. The van der Waals surface area contributed by atoms with E-state index in [-0.39, 0.29) is 5.60 Å². The molecule has 1 unspecified atom stereocenters. The van der Waals surface area contributed by atoms with Crippen LogP contribution in [0.5, 0.6) is 0 Å². The zero-order valence-electron chi connectivity index (χ0n) is 10.6. The van der Waals surface area contributed by atoms with Crippen LogP contribution in [0.25, 0.3) is 0 Å². The third-order valence-electron chi connectivity index (χ3n) is 3.70. The minimum absolute atomic E-state index is 0.111. The van der Waals surface area contributed by atoms with Gasteiger partial charge in [0.05, 0.1) is 5.69 Å². The molecule has 0 spiro atoms. The molecule has 0 radical (unpaired) electrons. The van der Waals surface area contributed by atoms with Crippen molar-refractivity contribution in [2.75, 3.05) is 13.7 Å². The zero-order chi connectivity index (χ0) is 11.9. The maximum Gasteiger partial charge on any atom is 0.125 e. The Morgan fingerprint density at radius 3 is 2.94 bits per heavy atom. The lowest BCUT2D eigenvalue weighted by molar-refractivity contribution is 0.0165. The lowest BCUT2D eigenvalue weighted by atomic mass is 10.0. The number of rotatable bonds is 4. The lowest BCUT2D eigenvalue weighted by Crippen LogP contribution is -2.19. The quantitative estimate of drug-likeness (QED) is 0.894. The van der Waals surface area contributed by atoms with Crippen molar-refractivity contribution in [3.05, 3.63) is 15.6 Å². The van der Waals surface area contributed by atoms with E-state index in [4.69, 9.17) is 9.72 Å². The molecule has 0 aromatic carbocycles. The predicted octanol–water partition coefficient (Wildman–Crippen LogP) is 2.77. The molecule has 1 atom stereocenters. The Balaban J connectivity index is 1.91. The average molecular weight is 252 g/mol. The van der Waals surface area contributed by atoms with Crippen molar-refractivity contribution >= 4 is 11.3 Å². The Hall–Kier alpha value is -0.450. The SMILES string of the molecule is CNCc1sc(C2(C)CCCO2)nc1C1CC1. The van der Waals surface area contributed by atoms with Crippen molar-refractivity contribution in [1.29, 1.82) is 0 Å². The molecular formula is C13H20N2OS. The van der Waals surface area contributed by atoms with Crippen LogP contribution in [0.2, 0.25) is 0 Å². The van der Waals surface area contributed by atoms with Crippen molar-refractivity contribution < 1.29 is 4.74 Å².